The zero-order valence-corrected chi connectivity index (χ0v) is 19.8. The van der Waals surface area contributed by atoms with Gasteiger partial charge in [-0.1, -0.05) is 51.0 Å². The molecule has 0 N–H and O–H groups in total. The summed E-state index contributed by atoms with van der Waals surface area (Å²) >= 11 is 0. The molecule has 2 aliphatic heterocycles. The van der Waals surface area contributed by atoms with Crippen LogP contribution in [0.3, 0.4) is 0 Å². The number of rotatable bonds is 3. The van der Waals surface area contributed by atoms with Crippen LogP contribution in [0, 0.1) is 5.92 Å². The van der Waals surface area contributed by atoms with Gasteiger partial charge >= 0.3 is 12.2 Å². The van der Waals surface area contributed by atoms with Crippen molar-refractivity contribution < 1.29 is 19.1 Å². The quantitative estimate of drug-likeness (QED) is 0.565. The summed E-state index contributed by atoms with van der Waals surface area (Å²) in [7, 11) is 0. The molecule has 0 bridgehead atoms. The molecular weight excluding hydrogens is 368 g/mol. The van der Waals surface area contributed by atoms with Crippen molar-refractivity contribution >= 4 is 12.2 Å². The Labute approximate surface area is 177 Å². The van der Waals surface area contributed by atoms with Crippen molar-refractivity contribution in [2.24, 2.45) is 5.92 Å². The van der Waals surface area contributed by atoms with E-state index in [0.29, 0.717) is 25.6 Å². The van der Waals surface area contributed by atoms with Crippen molar-refractivity contribution in [3.63, 3.8) is 0 Å². The number of hydrogen-bond acceptors (Lipinski definition) is 4. The van der Waals surface area contributed by atoms with Gasteiger partial charge in [-0.3, -0.25) is 0 Å². The number of ether oxygens (including phenoxy) is 2. The van der Waals surface area contributed by atoms with E-state index in [0.717, 1.165) is 25.9 Å². The first-order chi connectivity index (χ1) is 13.7. The van der Waals surface area contributed by atoms with Gasteiger partial charge in [0.2, 0.25) is 0 Å². The molecule has 0 aromatic carbocycles. The van der Waals surface area contributed by atoms with Crippen LogP contribution in [-0.4, -0.2) is 60.9 Å². The van der Waals surface area contributed by atoms with Crippen molar-refractivity contribution in [1.82, 2.24) is 9.80 Å². The molecule has 0 unspecified atom stereocenters. The maximum Gasteiger partial charge on any atom is 0.410 e. The summed E-state index contributed by atoms with van der Waals surface area (Å²) in [6.07, 6.45) is 5.69. The fourth-order valence-electron chi connectivity index (χ4n) is 2.48. The lowest BCUT2D eigenvalue weighted by atomic mass is 10.1. The zero-order valence-electron chi connectivity index (χ0n) is 19.8. The largest absolute Gasteiger partial charge is 0.449 e. The summed E-state index contributed by atoms with van der Waals surface area (Å²) in [6, 6.07) is 0. The first-order valence-electron chi connectivity index (χ1n) is 10.9. The first kappa shape index (κ1) is 27.0. The standard InChI is InChI=1S/C11H19NO2.C10H17NO2.C2H6/c1-9(2)8-14-11(13)12-6-4-10(3)5-7-12;1-8(2)13-10(12)11-6-4-9(3)5-7-11;1-2/h4,9H,5-8H2,1-3H3;4,8H,5-7H2,1-3H3;1-2H3. The van der Waals surface area contributed by atoms with Crippen molar-refractivity contribution in [3.05, 3.63) is 23.3 Å². The lowest BCUT2D eigenvalue weighted by molar-refractivity contribution is 0.0792. The molecular formula is C23H42N2O4. The van der Waals surface area contributed by atoms with Crippen molar-refractivity contribution in [3.8, 4) is 0 Å². The molecule has 0 spiro atoms. The van der Waals surface area contributed by atoms with Crippen LogP contribution >= 0.6 is 0 Å². The minimum atomic E-state index is -0.196. The highest BCUT2D eigenvalue weighted by atomic mass is 16.6. The Balaban J connectivity index is 0.000000499. The summed E-state index contributed by atoms with van der Waals surface area (Å²) in [5.74, 6) is 0.404. The van der Waals surface area contributed by atoms with Gasteiger partial charge in [0.05, 0.1) is 12.7 Å². The third-order valence-electron chi connectivity index (χ3n) is 4.27. The van der Waals surface area contributed by atoms with Crippen LogP contribution in [-0.2, 0) is 9.47 Å². The lowest BCUT2D eigenvalue weighted by Crippen LogP contribution is -2.36. The highest BCUT2D eigenvalue weighted by molar-refractivity contribution is 5.68. The van der Waals surface area contributed by atoms with Gasteiger partial charge in [0.15, 0.2) is 0 Å². The topological polar surface area (TPSA) is 59.1 Å². The van der Waals surface area contributed by atoms with Crippen LogP contribution in [0.5, 0.6) is 0 Å². The van der Waals surface area contributed by atoms with Gasteiger partial charge in [-0.2, -0.15) is 0 Å². The first-order valence-corrected chi connectivity index (χ1v) is 10.9. The third-order valence-corrected chi connectivity index (χ3v) is 4.27. The minimum Gasteiger partial charge on any atom is -0.449 e. The molecule has 0 aromatic rings. The molecule has 0 radical (unpaired) electrons. The van der Waals surface area contributed by atoms with Gasteiger partial charge in [0.1, 0.15) is 0 Å². The van der Waals surface area contributed by atoms with Crippen molar-refractivity contribution in [2.45, 2.75) is 74.3 Å². The minimum absolute atomic E-state index is 0.0282. The van der Waals surface area contributed by atoms with E-state index in [9.17, 15) is 9.59 Å². The number of nitrogens with zero attached hydrogens (tertiary/aromatic N) is 2. The second-order valence-corrected chi connectivity index (χ2v) is 7.90. The monoisotopic (exact) mass is 410 g/mol. The lowest BCUT2D eigenvalue weighted by Gasteiger charge is -2.25. The highest BCUT2D eigenvalue weighted by Gasteiger charge is 2.18. The molecule has 0 fully saturated rings. The van der Waals surface area contributed by atoms with Gasteiger partial charge in [0.25, 0.3) is 0 Å². The fraction of sp³-hybridized carbons (Fsp3) is 0.739. The molecule has 2 rings (SSSR count). The molecule has 2 aliphatic rings. The predicted molar refractivity (Wildman–Crippen MR) is 119 cm³/mol. The Kier molecular flexibility index (Phi) is 13.9. The molecule has 2 heterocycles. The van der Waals surface area contributed by atoms with E-state index in [1.807, 2.05) is 41.5 Å². The Bertz CT molecular complexity index is 553. The van der Waals surface area contributed by atoms with E-state index in [-0.39, 0.29) is 18.3 Å². The number of hydrogen-bond donors (Lipinski definition) is 0. The smallest absolute Gasteiger partial charge is 0.410 e. The normalized spacial score (nSPS) is 16.1. The van der Waals surface area contributed by atoms with Crippen LogP contribution in [0.15, 0.2) is 23.3 Å². The molecule has 6 heteroatoms. The van der Waals surface area contributed by atoms with E-state index < -0.39 is 0 Å². The molecule has 2 amide bonds. The summed E-state index contributed by atoms with van der Waals surface area (Å²) in [5.41, 5.74) is 2.71. The molecule has 0 saturated heterocycles. The molecule has 0 atom stereocenters. The summed E-state index contributed by atoms with van der Waals surface area (Å²) in [5, 5.41) is 0. The maximum atomic E-state index is 11.5. The Morgan fingerprint density at radius 2 is 1.34 bits per heavy atom. The van der Waals surface area contributed by atoms with E-state index >= 15 is 0 Å². The average molecular weight is 411 g/mol. The molecule has 0 aliphatic carbocycles. The number of carbonyl (C=O) groups excluding carboxylic acids is 2. The van der Waals surface area contributed by atoms with Crippen LogP contribution in [0.25, 0.3) is 0 Å². The molecule has 0 saturated carbocycles. The van der Waals surface area contributed by atoms with Gasteiger partial charge in [-0.25, -0.2) is 9.59 Å². The van der Waals surface area contributed by atoms with E-state index in [1.54, 1.807) is 9.80 Å². The average Bonchev–Trinajstić information content (AvgIpc) is 2.68. The van der Waals surface area contributed by atoms with E-state index in [1.165, 1.54) is 11.1 Å². The van der Waals surface area contributed by atoms with Crippen LogP contribution in [0.2, 0.25) is 0 Å². The van der Waals surface area contributed by atoms with Crippen LogP contribution in [0.4, 0.5) is 9.59 Å². The fourth-order valence-corrected chi connectivity index (χ4v) is 2.48. The summed E-state index contributed by atoms with van der Waals surface area (Å²) in [6.45, 7) is 19.5. The zero-order chi connectivity index (χ0) is 22.4. The third kappa shape index (κ3) is 12.2. The Morgan fingerprint density at radius 3 is 1.69 bits per heavy atom. The van der Waals surface area contributed by atoms with E-state index in [4.69, 9.17) is 9.47 Å². The highest BCUT2D eigenvalue weighted by Crippen LogP contribution is 2.11. The molecule has 168 valence electrons. The van der Waals surface area contributed by atoms with E-state index in [2.05, 4.69) is 26.0 Å². The summed E-state index contributed by atoms with van der Waals surface area (Å²) < 4.78 is 10.2. The second-order valence-electron chi connectivity index (χ2n) is 7.90. The maximum absolute atomic E-state index is 11.5. The number of amides is 2. The van der Waals surface area contributed by atoms with Crippen LogP contribution in [0.1, 0.15) is 68.2 Å². The molecule has 29 heavy (non-hydrogen) atoms. The SMILES string of the molecule is CC.CC1=CCN(C(=O)OC(C)C)CC1.CC1=CCN(C(=O)OCC(C)C)CC1. The van der Waals surface area contributed by atoms with Gasteiger partial charge in [-0.15, -0.1) is 0 Å². The molecule has 0 aromatic heterocycles. The van der Waals surface area contributed by atoms with Crippen molar-refractivity contribution in [1.29, 1.82) is 0 Å². The van der Waals surface area contributed by atoms with Gasteiger partial charge in [0, 0.05) is 26.2 Å². The summed E-state index contributed by atoms with van der Waals surface area (Å²) in [4.78, 5) is 26.3. The van der Waals surface area contributed by atoms with Crippen LogP contribution < -0.4 is 0 Å². The second kappa shape index (κ2) is 14.9. The molecule has 6 nitrogen and oxygen atoms in total. The van der Waals surface area contributed by atoms with Gasteiger partial charge < -0.3 is 19.3 Å². The van der Waals surface area contributed by atoms with Crippen molar-refractivity contribution in [2.75, 3.05) is 32.8 Å². The Hall–Kier alpha value is -1.98. The number of carbonyl (C=O) groups is 2. The predicted octanol–water partition coefficient (Wildman–Crippen LogP) is 5.64. The van der Waals surface area contributed by atoms with Gasteiger partial charge in [-0.05, 0) is 46.5 Å². The Morgan fingerprint density at radius 1 is 0.897 bits per heavy atom.